The molecule has 5 rings (SSSR count). The fraction of sp³-hybridized carbons (Fsp3) is 0.565. The molecule has 1 aromatic carbocycles. The van der Waals surface area contributed by atoms with E-state index in [4.69, 9.17) is 9.47 Å². The number of methoxy groups -OCH3 is 1. The first-order chi connectivity index (χ1) is 15.4. The number of carbonyl (C=O) groups excluding carboxylic acids is 1. The van der Waals surface area contributed by atoms with Crippen LogP contribution in [0.3, 0.4) is 0 Å². The van der Waals surface area contributed by atoms with Gasteiger partial charge in [-0.05, 0) is 73.3 Å². The van der Waals surface area contributed by atoms with Crippen molar-refractivity contribution in [1.29, 1.82) is 0 Å². The molecular weight excluding hydrogens is 430 g/mol. The molecule has 9 heteroatoms. The van der Waals surface area contributed by atoms with Crippen LogP contribution in [0.1, 0.15) is 53.3 Å². The molecule has 2 aromatic rings. The van der Waals surface area contributed by atoms with Crippen LogP contribution in [-0.2, 0) is 68.5 Å². The average Bonchev–Trinajstić information content (AvgIpc) is 3.46. The molecule has 0 atom stereocenters. The van der Waals surface area contributed by atoms with E-state index in [0.29, 0.717) is 25.5 Å². The molecule has 1 saturated heterocycles. The smallest absolute Gasteiger partial charge is 0.283 e. The number of amides is 1. The Bertz CT molecular complexity index is 1140. The van der Waals surface area contributed by atoms with Crippen molar-refractivity contribution in [2.45, 2.75) is 69.0 Å². The minimum absolute atomic E-state index is 0.0852. The molecule has 32 heavy (non-hydrogen) atoms. The number of aryl methyl sites for hydroxylation is 3. The number of carbonyl (C=O) groups is 1. The fourth-order valence-corrected chi connectivity index (χ4v) is 6.29. The van der Waals surface area contributed by atoms with Gasteiger partial charge in [-0.1, -0.05) is 6.07 Å². The number of nitrogens with zero attached hydrogens (tertiary/aromatic N) is 2. The summed E-state index contributed by atoms with van der Waals surface area (Å²) >= 11 is 0. The van der Waals surface area contributed by atoms with Crippen molar-refractivity contribution in [2.24, 2.45) is 0 Å². The maximum absolute atomic E-state index is 13.0. The Hall–Kier alpha value is -2.23. The zero-order valence-corrected chi connectivity index (χ0v) is 19.4. The highest BCUT2D eigenvalue weighted by atomic mass is 32.2. The van der Waals surface area contributed by atoms with Crippen molar-refractivity contribution < 1.29 is 22.7 Å². The largest absolute Gasteiger partial charge is 0.374 e. The summed E-state index contributed by atoms with van der Waals surface area (Å²) in [7, 11) is -2.53. The van der Waals surface area contributed by atoms with E-state index in [2.05, 4.69) is 15.9 Å². The second kappa shape index (κ2) is 7.97. The third-order valence-corrected chi connectivity index (χ3v) is 8.29. The second-order valence-corrected chi connectivity index (χ2v) is 10.5. The first kappa shape index (κ1) is 21.6. The summed E-state index contributed by atoms with van der Waals surface area (Å²) in [6.07, 6.45) is 6.27. The summed E-state index contributed by atoms with van der Waals surface area (Å²) in [5.41, 5.74) is 6.15. The van der Waals surface area contributed by atoms with Gasteiger partial charge in [0.2, 0.25) is 5.91 Å². The highest BCUT2D eigenvalue weighted by molar-refractivity contribution is 7.90. The van der Waals surface area contributed by atoms with Gasteiger partial charge in [0, 0.05) is 19.7 Å². The van der Waals surface area contributed by atoms with E-state index in [9.17, 15) is 13.2 Å². The van der Waals surface area contributed by atoms with E-state index >= 15 is 0 Å². The molecule has 2 aliphatic carbocycles. The Balaban J connectivity index is 1.40. The van der Waals surface area contributed by atoms with Crippen molar-refractivity contribution in [2.75, 3.05) is 20.3 Å². The van der Waals surface area contributed by atoms with E-state index in [1.807, 2.05) is 6.92 Å². The van der Waals surface area contributed by atoms with E-state index in [1.54, 1.807) is 11.8 Å². The summed E-state index contributed by atoms with van der Waals surface area (Å²) in [5.74, 6) is -0.513. The van der Waals surface area contributed by atoms with E-state index < -0.39 is 21.5 Å². The zero-order chi connectivity index (χ0) is 22.5. The number of sulfonamides is 1. The van der Waals surface area contributed by atoms with Crippen LogP contribution in [0.25, 0.3) is 0 Å². The number of hydrogen-bond donors (Lipinski definition) is 1. The lowest BCUT2D eigenvalue weighted by Gasteiger charge is -2.39. The molecule has 1 N–H and O–H groups in total. The number of rotatable bonds is 7. The Morgan fingerprint density at radius 2 is 1.81 bits per heavy atom. The highest BCUT2D eigenvalue weighted by Crippen LogP contribution is 2.36. The first-order valence-corrected chi connectivity index (χ1v) is 12.8. The predicted octanol–water partition coefficient (Wildman–Crippen LogP) is 1.80. The van der Waals surface area contributed by atoms with Gasteiger partial charge >= 0.3 is 0 Å². The number of ether oxygens (including phenoxy) is 2. The van der Waals surface area contributed by atoms with Crippen LogP contribution in [0.2, 0.25) is 0 Å². The standard InChI is InChI=1S/C23H29N3O5S/c1-3-26-20(23(30-2)13-31-14-23)12-22(24-26)32(28,29)25-21(27)11-19-17-8-4-6-15(17)10-16-7-5-9-18(16)19/h10,12H,3-9,11,13-14H2,1-2H3,(H,25,27). The van der Waals surface area contributed by atoms with Gasteiger partial charge in [0.05, 0.1) is 25.3 Å². The summed E-state index contributed by atoms with van der Waals surface area (Å²) in [5, 5.41) is 4.08. The van der Waals surface area contributed by atoms with Gasteiger partial charge in [-0.3, -0.25) is 9.48 Å². The van der Waals surface area contributed by atoms with Crippen LogP contribution >= 0.6 is 0 Å². The van der Waals surface area contributed by atoms with Crippen molar-refractivity contribution >= 4 is 15.9 Å². The van der Waals surface area contributed by atoms with Gasteiger partial charge in [0.15, 0.2) is 10.6 Å². The van der Waals surface area contributed by atoms with Crippen molar-refractivity contribution in [3.05, 3.63) is 45.6 Å². The normalized spacial score (nSPS) is 18.8. The molecule has 8 nitrogen and oxygen atoms in total. The lowest BCUT2D eigenvalue weighted by Crippen LogP contribution is -2.49. The molecule has 1 amide bonds. The number of nitrogens with one attached hydrogen (secondary N) is 1. The molecule has 2 heterocycles. The van der Waals surface area contributed by atoms with Crippen molar-refractivity contribution in [3.8, 4) is 0 Å². The van der Waals surface area contributed by atoms with Gasteiger partial charge in [0.1, 0.15) is 0 Å². The van der Waals surface area contributed by atoms with Gasteiger partial charge in [-0.2, -0.15) is 13.5 Å². The number of hydrogen-bond acceptors (Lipinski definition) is 6. The molecule has 172 valence electrons. The monoisotopic (exact) mass is 459 g/mol. The minimum Gasteiger partial charge on any atom is -0.374 e. The molecule has 1 fully saturated rings. The molecule has 0 bridgehead atoms. The fourth-order valence-electron chi connectivity index (χ4n) is 5.34. The van der Waals surface area contributed by atoms with E-state index in [1.165, 1.54) is 28.3 Å². The molecule has 3 aliphatic rings. The van der Waals surface area contributed by atoms with Crippen LogP contribution in [-0.4, -0.2) is 44.4 Å². The van der Waals surface area contributed by atoms with Crippen LogP contribution in [0.5, 0.6) is 0 Å². The van der Waals surface area contributed by atoms with Gasteiger partial charge in [0.25, 0.3) is 10.0 Å². The Morgan fingerprint density at radius 1 is 1.16 bits per heavy atom. The zero-order valence-electron chi connectivity index (χ0n) is 18.6. The molecular formula is C23H29N3O5S. The van der Waals surface area contributed by atoms with Gasteiger partial charge < -0.3 is 9.47 Å². The Kier molecular flexibility index (Phi) is 5.38. The quantitative estimate of drug-likeness (QED) is 0.678. The van der Waals surface area contributed by atoms with Crippen LogP contribution in [0.15, 0.2) is 17.2 Å². The highest BCUT2D eigenvalue weighted by Gasteiger charge is 2.44. The maximum Gasteiger partial charge on any atom is 0.283 e. The molecule has 0 radical (unpaired) electrons. The second-order valence-electron chi connectivity index (χ2n) is 8.92. The SMILES string of the molecule is CCn1nc(S(=O)(=O)NC(=O)Cc2c3c(cc4c2CCC4)CCC3)cc1C1(OC)COC1. The molecule has 1 aromatic heterocycles. The van der Waals surface area contributed by atoms with Crippen molar-refractivity contribution in [3.63, 3.8) is 0 Å². The summed E-state index contributed by atoms with van der Waals surface area (Å²) in [6.45, 7) is 3.04. The average molecular weight is 460 g/mol. The number of benzene rings is 1. The molecule has 0 saturated carbocycles. The third-order valence-electron chi connectivity index (χ3n) is 7.04. The Morgan fingerprint density at radius 3 is 2.34 bits per heavy atom. The third kappa shape index (κ3) is 3.47. The minimum atomic E-state index is -4.10. The van der Waals surface area contributed by atoms with E-state index in [0.717, 1.165) is 44.1 Å². The lowest BCUT2D eigenvalue weighted by atomic mass is 9.92. The Labute approximate surface area is 188 Å². The van der Waals surface area contributed by atoms with Gasteiger partial charge in [-0.15, -0.1) is 0 Å². The number of fused-ring (bicyclic) bond motifs is 2. The molecule has 0 spiro atoms. The van der Waals surface area contributed by atoms with Crippen LogP contribution < -0.4 is 4.72 Å². The van der Waals surface area contributed by atoms with Crippen molar-refractivity contribution in [1.82, 2.24) is 14.5 Å². The molecule has 1 aliphatic heterocycles. The summed E-state index contributed by atoms with van der Waals surface area (Å²) in [6, 6.07) is 3.79. The molecule has 0 unspecified atom stereocenters. The summed E-state index contributed by atoms with van der Waals surface area (Å²) in [4.78, 5) is 12.9. The lowest BCUT2D eigenvalue weighted by molar-refractivity contribution is -0.206. The predicted molar refractivity (Wildman–Crippen MR) is 117 cm³/mol. The van der Waals surface area contributed by atoms with Gasteiger partial charge in [-0.25, -0.2) is 4.72 Å². The first-order valence-electron chi connectivity index (χ1n) is 11.3. The number of aromatic nitrogens is 2. The van der Waals surface area contributed by atoms with Crippen LogP contribution in [0, 0.1) is 0 Å². The summed E-state index contributed by atoms with van der Waals surface area (Å²) < 4.78 is 40.8. The topological polar surface area (TPSA) is 99.5 Å². The maximum atomic E-state index is 13.0. The van der Waals surface area contributed by atoms with E-state index in [-0.39, 0.29) is 11.4 Å². The van der Waals surface area contributed by atoms with Crippen LogP contribution in [0.4, 0.5) is 0 Å².